The predicted octanol–water partition coefficient (Wildman–Crippen LogP) is 1.34. The number of nitrogens with two attached hydrogens (primary N) is 1. The van der Waals surface area contributed by atoms with Gasteiger partial charge in [0.2, 0.25) is 11.8 Å². The summed E-state index contributed by atoms with van der Waals surface area (Å²) in [5.74, 6) is 0.737. The van der Waals surface area contributed by atoms with Gasteiger partial charge in [0.15, 0.2) is 15.0 Å². The predicted molar refractivity (Wildman–Crippen MR) is 118 cm³/mol. The second-order valence-electron chi connectivity index (χ2n) is 7.93. The molecule has 166 valence electrons. The average molecular weight is 464 g/mol. The molecule has 0 spiro atoms. The Labute approximate surface area is 185 Å². The van der Waals surface area contributed by atoms with Crippen molar-refractivity contribution in [1.82, 2.24) is 14.8 Å². The van der Waals surface area contributed by atoms with Crippen LogP contribution >= 0.6 is 11.8 Å². The van der Waals surface area contributed by atoms with Gasteiger partial charge in [-0.25, -0.2) is 8.42 Å². The van der Waals surface area contributed by atoms with Crippen LogP contribution in [0, 0.1) is 0 Å². The van der Waals surface area contributed by atoms with E-state index < -0.39 is 15.7 Å². The van der Waals surface area contributed by atoms with E-state index in [1.165, 1.54) is 11.8 Å². The SMILES string of the molecule is NC(=O)CCn1c(SCC(=O)N(c2ccccc2)[C@H]2CCS(=O)(=O)C2)nnc1C1CC1. The Balaban J connectivity index is 1.51. The van der Waals surface area contributed by atoms with Crippen molar-refractivity contribution in [2.45, 2.75) is 49.3 Å². The molecule has 4 rings (SSSR count). The second kappa shape index (κ2) is 8.99. The minimum atomic E-state index is -3.14. The van der Waals surface area contributed by atoms with E-state index in [-0.39, 0.29) is 35.6 Å². The molecule has 1 saturated carbocycles. The van der Waals surface area contributed by atoms with Crippen LogP contribution in [0.15, 0.2) is 35.5 Å². The number of hydrogen-bond donors (Lipinski definition) is 1. The molecule has 1 aliphatic heterocycles. The number of primary amides is 1. The van der Waals surface area contributed by atoms with Crippen molar-refractivity contribution >= 4 is 39.1 Å². The number of amides is 2. The molecular formula is C20H25N5O4S2. The van der Waals surface area contributed by atoms with Crippen molar-refractivity contribution in [3.05, 3.63) is 36.2 Å². The van der Waals surface area contributed by atoms with E-state index in [1.54, 1.807) is 4.90 Å². The molecule has 2 N–H and O–H groups in total. The summed E-state index contributed by atoms with van der Waals surface area (Å²) < 4.78 is 25.9. The van der Waals surface area contributed by atoms with Crippen molar-refractivity contribution < 1.29 is 18.0 Å². The monoisotopic (exact) mass is 463 g/mol. The number of thioether (sulfide) groups is 1. The summed E-state index contributed by atoms with van der Waals surface area (Å²) in [5.41, 5.74) is 5.99. The molecule has 1 aliphatic carbocycles. The van der Waals surface area contributed by atoms with Gasteiger partial charge in [-0.2, -0.15) is 0 Å². The first-order valence-corrected chi connectivity index (χ1v) is 13.1. The zero-order valence-electron chi connectivity index (χ0n) is 17.0. The van der Waals surface area contributed by atoms with Crippen LogP contribution in [0.25, 0.3) is 0 Å². The number of rotatable bonds is 9. The molecule has 11 heteroatoms. The average Bonchev–Trinajstić information content (AvgIpc) is 3.40. The first-order chi connectivity index (χ1) is 14.8. The molecule has 2 aliphatic rings. The minimum absolute atomic E-state index is 0.0288. The number of anilines is 1. The molecule has 1 aromatic carbocycles. The van der Waals surface area contributed by atoms with Gasteiger partial charge >= 0.3 is 0 Å². The Hall–Kier alpha value is -2.40. The molecule has 2 amide bonds. The van der Waals surface area contributed by atoms with Crippen LogP contribution in [-0.2, 0) is 26.0 Å². The van der Waals surface area contributed by atoms with Crippen LogP contribution < -0.4 is 10.6 Å². The van der Waals surface area contributed by atoms with E-state index in [0.29, 0.717) is 29.7 Å². The smallest absolute Gasteiger partial charge is 0.237 e. The third-order valence-electron chi connectivity index (χ3n) is 5.47. The summed E-state index contributed by atoms with van der Waals surface area (Å²) in [6.07, 6.45) is 2.68. The molecule has 1 saturated heterocycles. The fourth-order valence-corrected chi connectivity index (χ4v) is 6.34. The van der Waals surface area contributed by atoms with E-state index in [4.69, 9.17) is 5.73 Å². The number of sulfone groups is 1. The Bertz CT molecular complexity index is 1070. The Morgan fingerprint density at radius 3 is 2.52 bits per heavy atom. The molecular weight excluding hydrogens is 438 g/mol. The van der Waals surface area contributed by atoms with Gasteiger partial charge in [-0.05, 0) is 31.4 Å². The maximum absolute atomic E-state index is 13.2. The lowest BCUT2D eigenvalue weighted by Crippen LogP contribution is -2.42. The van der Waals surface area contributed by atoms with Crippen molar-refractivity contribution in [3.63, 3.8) is 0 Å². The second-order valence-corrected chi connectivity index (χ2v) is 11.1. The number of carbonyl (C=O) groups is 2. The van der Waals surface area contributed by atoms with Gasteiger partial charge in [0.05, 0.1) is 23.3 Å². The van der Waals surface area contributed by atoms with Gasteiger partial charge in [-0.3, -0.25) is 9.59 Å². The van der Waals surface area contributed by atoms with Crippen LogP contribution in [0.2, 0.25) is 0 Å². The highest BCUT2D eigenvalue weighted by Crippen LogP contribution is 2.40. The van der Waals surface area contributed by atoms with Gasteiger partial charge in [-0.1, -0.05) is 30.0 Å². The summed E-state index contributed by atoms with van der Waals surface area (Å²) in [4.78, 5) is 26.1. The summed E-state index contributed by atoms with van der Waals surface area (Å²) >= 11 is 1.25. The Morgan fingerprint density at radius 2 is 1.90 bits per heavy atom. The lowest BCUT2D eigenvalue weighted by molar-refractivity contribution is -0.118. The van der Waals surface area contributed by atoms with E-state index in [1.807, 2.05) is 34.9 Å². The van der Waals surface area contributed by atoms with Gasteiger partial charge in [-0.15, -0.1) is 10.2 Å². The van der Waals surface area contributed by atoms with Crippen LogP contribution in [0.5, 0.6) is 0 Å². The molecule has 0 radical (unpaired) electrons. The lowest BCUT2D eigenvalue weighted by atomic mass is 10.2. The normalized spacial score (nSPS) is 19.9. The van der Waals surface area contributed by atoms with Crippen LogP contribution in [0.1, 0.15) is 37.4 Å². The van der Waals surface area contributed by atoms with Gasteiger partial charge < -0.3 is 15.2 Å². The number of nitrogens with zero attached hydrogens (tertiary/aromatic N) is 4. The Kier molecular flexibility index (Phi) is 6.33. The molecule has 0 bridgehead atoms. The lowest BCUT2D eigenvalue weighted by Gasteiger charge is -2.28. The van der Waals surface area contributed by atoms with Gasteiger partial charge in [0.25, 0.3) is 0 Å². The first-order valence-electron chi connectivity index (χ1n) is 10.3. The van der Waals surface area contributed by atoms with E-state index in [2.05, 4.69) is 10.2 Å². The number of hydrogen-bond acceptors (Lipinski definition) is 7. The molecule has 9 nitrogen and oxygen atoms in total. The number of aromatic nitrogens is 3. The molecule has 31 heavy (non-hydrogen) atoms. The van der Waals surface area contributed by atoms with Crippen molar-refractivity contribution in [2.24, 2.45) is 5.73 Å². The van der Waals surface area contributed by atoms with E-state index >= 15 is 0 Å². The van der Waals surface area contributed by atoms with Gasteiger partial charge in [0, 0.05) is 24.6 Å². The fourth-order valence-electron chi connectivity index (χ4n) is 3.80. The van der Waals surface area contributed by atoms with Gasteiger partial charge in [0.1, 0.15) is 5.82 Å². The number of carbonyl (C=O) groups excluding carboxylic acids is 2. The molecule has 0 unspecified atom stereocenters. The first kappa shape index (κ1) is 21.8. The molecule has 1 atom stereocenters. The number of para-hydroxylation sites is 1. The quantitative estimate of drug-likeness (QED) is 0.556. The zero-order valence-corrected chi connectivity index (χ0v) is 18.6. The fraction of sp³-hybridized carbons (Fsp3) is 0.500. The van der Waals surface area contributed by atoms with E-state index in [9.17, 15) is 18.0 Å². The van der Waals surface area contributed by atoms with Crippen LogP contribution in [0.4, 0.5) is 5.69 Å². The summed E-state index contributed by atoms with van der Waals surface area (Å²) in [6.45, 7) is 0.383. The molecule has 2 aromatic rings. The zero-order chi connectivity index (χ0) is 22.0. The third kappa shape index (κ3) is 5.27. The summed E-state index contributed by atoms with van der Waals surface area (Å²) in [6, 6.07) is 8.76. The number of benzene rings is 1. The third-order valence-corrected chi connectivity index (χ3v) is 8.17. The maximum Gasteiger partial charge on any atom is 0.237 e. The van der Waals surface area contributed by atoms with E-state index in [0.717, 1.165) is 18.7 Å². The Morgan fingerprint density at radius 1 is 1.16 bits per heavy atom. The van der Waals surface area contributed by atoms with Crippen molar-refractivity contribution in [1.29, 1.82) is 0 Å². The standard InChI is InChI=1S/C20H25N5O4S2/c21-17(26)8-10-24-19(14-6-7-14)22-23-20(24)30-12-18(27)25(15-4-2-1-3-5-15)16-9-11-31(28,29)13-16/h1-5,14,16H,6-13H2,(H2,21,26)/t16-/m0/s1. The summed E-state index contributed by atoms with van der Waals surface area (Å²) in [5, 5.41) is 9.08. The van der Waals surface area contributed by atoms with Crippen molar-refractivity contribution in [2.75, 3.05) is 22.2 Å². The largest absolute Gasteiger partial charge is 0.370 e. The molecule has 1 aromatic heterocycles. The topological polar surface area (TPSA) is 128 Å². The highest BCUT2D eigenvalue weighted by atomic mass is 32.2. The highest BCUT2D eigenvalue weighted by Gasteiger charge is 2.36. The summed E-state index contributed by atoms with van der Waals surface area (Å²) in [7, 11) is -3.14. The van der Waals surface area contributed by atoms with Crippen LogP contribution in [0.3, 0.4) is 0 Å². The molecule has 2 heterocycles. The van der Waals surface area contributed by atoms with Crippen LogP contribution in [-0.4, -0.2) is 58.3 Å². The molecule has 2 fully saturated rings. The maximum atomic E-state index is 13.2. The van der Waals surface area contributed by atoms with Crippen molar-refractivity contribution in [3.8, 4) is 0 Å². The minimum Gasteiger partial charge on any atom is -0.370 e. The highest BCUT2D eigenvalue weighted by molar-refractivity contribution is 7.99.